The summed E-state index contributed by atoms with van der Waals surface area (Å²) in [6.45, 7) is 0. The Morgan fingerprint density at radius 3 is 2.04 bits per heavy atom. The van der Waals surface area contributed by atoms with Crippen LogP contribution in [0.15, 0.2) is 0 Å². The van der Waals surface area contributed by atoms with Crippen molar-refractivity contribution in [1.29, 1.82) is 0 Å². The fourth-order valence-corrected chi connectivity index (χ4v) is 5.14. The molecule has 4 aliphatic carbocycles. The fraction of sp³-hybridized carbons (Fsp3) is 0.857. The molecular weight excluding hydrogens is 391 g/mol. The smallest absolute Gasteiger partial charge is 0.432 e. The molecule has 0 aromatic carbocycles. The lowest BCUT2D eigenvalue weighted by molar-refractivity contribution is -0.265. The average molecular weight is 406 g/mol. The van der Waals surface area contributed by atoms with Crippen LogP contribution in [-0.4, -0.2) is 42.3 Å². The lowest BCUT2D eigenvalue weighted by atomic mass is 9.49. The standard InChI is InChI=1S/C14H15F5O6S/c15-13(16,17)10(14(18,19)26(22,23)24)25-11(21)12-3-6-1-7(4-12)9(20)8(2-6)5-12/h6-8,10H,1-5H2,(H,22,23,24). The summed E-state index contributed by atoms with van der Waals surface area (Å²) in [7, 11) is -6.48. The van der Waals surface area contributed by atoms with Crippen molar-refractivity contribution in [1.82, 2.24) is 0 Å². The molecule has 3 atom stereocenters. The molecule has 4 aliphatic rings. The fourth-order valence-electron chi connectivity index (χ4n) is 4.69. The summed E-state index contributed by atoms with van der Waals surface area (Å²) in [6, 6.07) is 0. The molecule has 12 heteroatoms. The van der Waals surface area contributed by atoms with Crippen molar-refractivity contribution in [3.8, 4) is 0 Å². The van der Waals surface area contributed by atoms with E-state index in [1.54, 1.807) is 0 Å². The van der Waals surface area contributed by atoms with E-state index in [9.17, 15) is 40.0 Å². The molecule has 0 amide bonds. The molecule has 0 aliphatic heterocycles. The maximum Gasteiger partial charge on any atom is 0.432 e. The maximum absolute atomic E-state index is 13.6. The number of carbonyl (C=O) groups is 2. The summed E-state index contributed by atoms with van der Waals surface area (Å²) in [5.74, 6) is -2.83. The first kappa shape index (κ1) is 19.5. The monoisotopic (exact) mass is 406 g/mol. The summed E-state index contributed by atoms with van der Waals surface area (Å²) in [4.78, 5) is 24.4. The molecule has 0 heterocycles. The van der Waals surface area contributed by atoms with E-state index in [0.717, 1.165) is 0 Å². The highest BCUT2D eigenvalue weighted by atomic mass is 32.2. The molecular formula is C14H15F5O6S. The number of ketones is 1. The van der Waals surface area contributed by atoms with Gasteiger partial charge in [-0.15, -0.1) is 0 Å². The molecule has 26 heavy (non-hydrogen) atoms. The summed E-state index contributed by atoms with van der Waals surface area (Å²) in [5.41, 5.74) is -1.51. The van der Waals surface area contributed by atoms with Gasteiger partial charge in [0.15, 0.2) is 0 Å². The van der Waals surface area contributed by atoms with Gasteiger partial charge in [-0.1, -0.05) is 0 Å². The molecule has 0 spiro atoms. The van der Waals surface area contributed by atoms with Crippen LogP contribution >= 0.6 is 0 Å². The lowest BCUT2D eigenvalue weighted by Crippen LogP contribution is -2.58. The number of hydrogen-bond acceptors (Lipinski definition) is 5. The van der Waals surface area contributed by atoms with Crippen LogP contribution < -0.4 is 0 Å². The number of halogens is 5. The van der Waals surface area contributed by atoms with Gasteiger partial charge in [-0.25, -0.2) is 0 Å². The zero-order chi connectivity index (χ0) is 19.7. The largest absolute Gasteiger partial charge is 0.444 e. The molecule has 0 radical (unpaired) electrons. The van der Waals surface area contributed by atoms with Crippen molar-refractivity contribution in [2.24, 2.45) is 23.2 Å². The SMILES string of the molecule is O=C1C2CC3CC1CC(C(=O)OC(C(F)(F)F)C(F)(F)S(=O)(=O)O)(C3)C2. The number of hydrogen-bond donors (Lipinski definition) is 1. The van der Waals surface area contributed by atoms with Crippen molar-refractivity contribution in [3.63, 3.8) is 0 Å². The molecule has 0 aromatic heterocycles. The van der Waals surface area contributed by atoms with E-state index in [2.05, 4.69) is 4.74 Å². The normalized spacial score (nSPS) is 35.5. The number of carbonyl (C=O) groups excluding carboxylic acids is 2. The van der Waals surface area contributed by atoms with Crippen molar-refractivity contribution >= 4 is 21.9 Å². The summed E-state index contributed by atoms with van der Waals surface area (Å²) >= 11 is 0. The first-order valence-corrected chi connectivity index (χ1v) is 9.28. The van der Waals surface area contributed by atoms with Crippen molar-refractivity contribution in [3.05, 3.63) is 0 Å². The number of ether oxygens (including phenoxy) is 1. The van der Waals surface area contributed by atoms with Crippen LogP contribution in [0.2, 0.25) is 0 Å². The third-order valence-corrected chi connectivity index (χ3v) is 6.50. The van der Waals surface area contributed by atoms with Crippen LogP contribution in [0.5, 0.6) is 0 Å². The van der Waals surface area contributed by atoms with Gasteiger partial charge < -0.3 is 4.74 Å². The molecule has 6 nitrogen and oxygen atoms in total. The summed E-state index contributed by atoms with van der Waals surface area (Å²) in [5, 5.41) is -5.75. The van der Waals surface area contributed by atoms with E-state index in [4.69, 9.17) is 4.55 Å². The van der Waals surface area contributed by atoms with Crippen LogP contribution in [0.3, 0.4) is 0 Å². The second-order valence-electron chi connectivity index (χ2n) is 7.39. The number of alkyl halides is 5. The minimum absolute atomic E-state index is 0.0833. The van der Waals surface area contributed by atoms with Crippen LogP contribution in [0.4, 0.5) is 22.0 Å². The minimum Gasteiger partial charge on any atom is -0.444 e. The van der Waals surface area contributed by atoms with Gasteiger partial charge in [0.2, 0.25) is 0 Å². The van der Waals surface area contributed by atoms with Crippen molar-refractivity contribution in [2.45, 2.75) is 49.6 Å². The average Bonchev–Trinajstić information content (AvgIpc) is 2.46. The summed E-state index contributed by atoms with van der Waals surface area (Å²) < 4.78 is 99.8. The zero-order valence-corrected chi connectivity index (χ0v) is 13.9. The molecule has 0 saturated heterocycles. The van der Waals surface area contributed by atoms with E-state index in [-0.39, 0.29) is 31.0 Å². The van der Waals surface area contributed by atoms with E-state index in [0.29, 0.717) is 12.8 Å². The molecule has 148 valence electrons. The second kappa shape index (κ2) is 5.60. The number of rotatable bonds is 4. The van der Waals surface area contributed by atoms with Crippen molar-refractivity contribution in [2.75, 3.05) is 0 Å². The third-order valence-electron chi connectivity index (χ3n) is 5.60. The summed E-state index contributed by atoms with van der Waals surface area (Å²) in [6.07, 6.45) is -9.36. The van der Waals surface area contributed by atoms with Crippen molar-refractivity contribution < 1.29 is 49.2 Å². The Kier molecular flexibility index (Phi) is 4.19. The van der Waals surface area contributed by atoms with Gasteiger partial charge >= 0.3 is 27.5 Å². The van der Waals surface area contributed by atoms with Gasteiger partial charge in [0, 0.05) is 11.8 Å². The predicted molar refractivity (Wildman–Crippen MR) is 73.4 cm³/mol. The van der Waals surface area contributed by atoms with Crippen LogP contribution in [0, 0.1) is 23.2 Å². The highest BCUT2D eigenvalue weighted by molar-refractivity contribution is 7.86. The van der Waals surface area contributed by atoms with Gasteiger partial charge in [0.05, 0.1) is 5.41 Å². The Bertz CT molecular complexity index is 727. The first-order valence-electron chi connectivity index (χ1n) is 7.84. The zero-order valence-electron chi connectivity index (χ0n) is 13.1. The highest BCUT2D eigenvalue weighted by Crippen LogP contribution is 2.59. The van der Waals surface area contributed by atoms with Crippen LogP contribution in [0.25, 0.3) is 0 Å². The Morgan fingerprint density at radius 2 is 1.62 bits per heavy atom. The quantitative estimate of drug-likeness (QED) is 0.437. The van der Waals surface area contributed by atoms with Gasteiger partial charge in [-0.3, -0.25) is 14.1 Å². The van der Waals surface area contributed by atoms with E-state index in [1.807, 2.05) is 0 Å². The third kappa shape index (κ3) is 2.90. The molecule has 0 aromatic rings. The van der Waals surface area contributed by atoms with Gasteiger partial charge in [0.1, 0.15) is 5.78 Å². The second-order valence-corrected chi connectivity index (χ2v) is 8.88. The molecule has 1 N–H and O–H groups in total. The van der Waals surface area contributed by atoms with Crippen LogP contribution in [-0.2, 0) is 24.4 Å². The predicted octanol–water partition coefficient (Wildman–Crippen LogP) is 2.34. The Morgan fingerprint density at radius 1 is 1.12 bits per heavy atom. The topological polar surface area (TPSA) is 97.7 Å². The van der Waals surface area contributed by atoms with Gasteiger partial charge in [-0.2, -0.15) is 30.4 Å². The van der Waals surface area contributed by atoms with Gasteiger partial charge in [0.25, 0.3) is 6.10 Å². The molecule has 4 saturated carbocycles. The number of esters is 1. The Hall–Kier alpha value is -1.30. The van der Waals surface area contributed by atoms with Crippen LogP contribution in [0.1, 0.15) is 32.1 Å². The van der Waals surface area contributed by atoms with Gasteiger partial charge in [-0.05, 0) is 38.0 Å². The highest BCUT2D eigenvalue weighted by Gasteiger charge is 2.68. The molecule has 4 fully saturated rings. The van der Waals surface area contributed by atoms with E-state index >= 15 is 0 Å². The Labute approximate surface area is 144 Å². The first-order chi connectivity index (χ1) is 11.7. The maximum atomic E-state index is 13.6. The lowest BCUT2D eigenvalue weighted by Gasteiger charge is -2.54. The molecule has 3 unspecified atom stereocenters. The van der Waals surface area contributed by atoms with E-state index < -0.39 is 50.9 Å². The van der Waals surface area contributed by atoms with E-state index in [1.165, 1.54) is 0 Å². The molecule has 4 bridgehead atoms. The molecule has 4 rings (SSSR count). The Balaban J connectivity index is 1.89. The number of Topliss-reactive ketones (excluding diaryl/α,β-unsaturated/α-hetero) is 1. The minimum atomic E-state index is -6.48.